The summed E-state index contributed by atoms with van der Waals surface area (Å²) in [5.41, 5.74) is 10.6. The smallest absolute Gasteiger partial charge is 0.119 e. The standard InChI is InChI=1S/C23H22N2O3/c1-26-17-8-4-15(5-9-17)22-20-14-19(28-3)12-13-21(20)25(23(22)24)16-6-10-18(27-2)11-7-16/h4-14H,24H2,1-3H3. The molecule has 0 bridgehead atoms. The number of nitrogens with zero attached hydrogens (tertiary/aromatic N) is 1. The van der Waals surface area contributed by atoms with Gasteiger partial charge in [-0.05, 0) is 60.2 Å². The summed E-state index contributed by atoms with van der Waals surface area (Å²) in [4.78, 5) is 0. The molecule has 0 saturated carbocycles. The van der Waals surface area contributed by atoms with Crippen molar-refractivity contribution in [2.75, 3.05) is 27.1 Å². The van der Waals surface area contributed by atoms with Gasteiger partial charge in [0.05, 0.1) is 26.8 Å². The van der Waals surface area contributed by atoms with E-state index in [0.29, 0.717) is 5.82 Å². The molecule has 3 aromatic carbocycles. The lowest BCUT2D eigenvalue weighted by Crippen LogP contribution is -2.00. The molecule has 1 heterocycles. The lowest BCUT2D eigenvalue weighted by Gasteiger charge is -2.10. The van der Waals surface area contributed by atoms with E-state index in [2.05, 4.69) is 0 Å². The average molecular weight is 374 g/mol. The lowest BCUT2D eigenvalue weighted by molar-refractivity contribution is 0.414. The predicted molar refractivity (Wildman–Crippen MR) is 113 cm³/mol. The van der Waals surface area contributed by atoms with E-state index in [1.807, 2.05) is 71.3 Å². The van der Waals surface area contributed by atoms with Gasteiger partial charge in [-0.1, -0.05) is 12.1 Å². The summed E-state index contributed by atoms with van der Waals surface area (Å²) < 4.78 is 18.1. The predicted octanol–water partition coefficient (Wildman–Crippen LogP) is 4.91. The van der Waals surface area contributed by atoms with Crippen LogP contribution in [-0.4, -0.2) is 25.9 Å². The normalized spacial score (nSPS) is 10.8. The molecule has 0 amide bonds. The molecule has 0 aliphatic carbocycles. The molecular weight excluding hydrogens is 352 g/mol. The highest BCUT2D eigenvalue weighted by Crippen LogP contribution is 2.40. The van der Waals surface area contributed by atoms with Crippen LogP contribution >= 0.6 is 0 Å². The summed E-state index contributed by atoms with van der Waals surface area (Å²) in [6, 6.07) is 21.7. The van der Waals surface area contributed by atoms with Crippen LogP contribution in [0.15, 0.2) is 66.7 Å². The summed E-state index contributed by atoms with van der Waals surface area (Å²) in [6.07, 6.45) is 0. The third-order valence-corrected chi connectivity index (χ3v) is 4.92. The maximum Gasteiger partial charge on any atom is 0.119 e. The molecule has 0 radical (unpaired) electrons. The number of benzene rings is 3. The number of hydrogen-bond acceptors (Lipinski definition) is 4. The first-order chi connectivity index (χ1) is 13.7. The number of rotatable bonds is 5. The first-order valence-corrected chi connectivity index (χ1v) is 8.93. The Bertz CT molecular complexity index is 1110. The van der Waals surface area contributed by atoms with Gasteiger partial charge < -0.3 is 19.9 Å². The van der Waals surface area contributed by atoms with Crippen molar-refractivity contribution in [2.45, 2.75) is 0 Å². The summed E-state index contributed by atoms with van der Waals surface area (Å²) in [5.74, 6) is 3.06. The van der Waals surface area contributed by atoms with Crippen molar-refractivity contribution in [2.24, 2.45) is 0 Å². The third kappa shape index (κ3) is 2.91. The molecule has 0 atom stereocenters. The largest absolute Gasteiger partial charge is 0.497 e. The Labute approximate surface area is 163 Å². The minimum absolute atomic E-state index is 0.665. The van der Waals surface area contributed by atoms with E-state index in [1.165, 1.54) is 0 Å². The Balaban J connectivity index is 1.98. The molecule has 2 N–H and O–H groups in total. The van der Waals surface area contributed by atoms with Crippen LogP contribution in [0.2, 0.25) is 0 Å². The molecule has 5 nitrogen and oxygen atoms in total. The molecule has 28 heavy (non-hydrogen) atoms. The molecule has 0 aliphatic rings. The zero-order valence-corrected chi connectivity index (χ0v) is 16.1. The number of fused-ring (bicyclic) bond motifs is 1. The first kappa shape index (κ1) is 17.8. The third-order valence-electron chi connectivity index (χ3n) is 4.92. The quantitative estimate of drug-likeness (QED) is 0.539. The van der Waals surface area contributed by atoms with E-state index in [0.717, 1.165) is 45.0 Å². The van der Waals surface area contributed by atoms with Gasteiger partial charge in [-0.3, -0.25) is 4.57 Å². The van der Waals surface area contributed by atoms with E-state index in [-0.39, 0.29) is 0 Å². The maximum atomic E-state index is 6.67. The second kappa shape index (κ2) is 7.19. The number of nitrogen functional groups attached to an aromatic ring is 1. The van der Waals surface area contributed by atoms with Gasteiger partial charge in [0, 0.05) is 16.6 Å². The number of anilines is 1. The van der Waals surface area contributed by atoms with E-state index in [4.69, 9.17) is 19.9 Å². The Morgan fingerprint density at radius 2 is 1.21 bits per heavy atom. The number of ether oxygens (including phenoxy) is 3. The Morgan fingerprint density at radius 3 is 1.79 bits per heavy atom. The minimum atomic E-state index is 0.665. The van der Waals surface area contributed by atoms with Gasteiger partial charge in [0.2, 0.25) is 0 Å². The molecule has 4 aromatic rings. The summed E-state index contributed by atoms with van der Waals surface area (Å²) in [5, 5.41) is 1.03. The van der Waals surface area contributed by atoms with Crippen molar-refractivity contribution in [3.63, 3.8) is 0 Å². The SMILES string of the molecule is COc1ccc(-c2c(N)n(-c3ccc(OC)cc3)c3ccc(OC)cc23)cc1. The fraction of sp³-hybridized carbons (Fsp3) is 0.130. The lowest BCUT2D eigenvalue weighted by atomic mass is 10.0. The van der Waals surface area contributed by atoms with Crippen molar-refractivity contribution in [3.05, 3.63) is 66.7 Å². The van der Waals surface area contributed by atoms with Crippen LogP contribution in [0.4, 0.5) is 5.82 Å². The van der Waals surface area contributed by atoms with Crippen LogP contribution in [0, 0.1) is 0 Å². The van der Waals surface area contributed by atoms with Gasteiger partial charge in [0.15, 0.2) is 0 Å². The summed E-state index contributed by atoms with van der Waals surface area (Å²) in [6.45, 7) is 0. The molecular formula is C23H22N2O3. The Morgan fingerprint density at radius 1 is 0.679 bits per heavy atom. The molecule has 142 valence electrons. The highest BCUT2D eigenvalue weighted by Gasteiger charge is 2.18. The van der Waals surface area contributed by atoms with Gasteiger partial charge in [-0.25, -0.2) is 0 Å². The molecule has 1 aromatic heterocycles. The topological polar surface area (TPSA) is 58.6 Å². The molecule has 0 unspecified atom stereocenters. The molecule has 4 rings (SSSR count). The highest BCUT2D eigenvalue weighted by atomic mass is 16.5. The fourth-order valence-corrected chi connectivity index (χ4v) is 3.49. The van der Waals surface area contributed by atoms with Crippen LogP contribution in [-0.2, 0) is 0 Å². The van der Waals surface area contributed by atoms with E-state index >= 15 is 0 Å². The second-order valence-electron chi connectivity index (χ2n) is 6.41. The monoisotopic (exact) mass is 374 g/mol. The first-order valence-electron chi connectivity index (χ1n) is 8.93. The molecule has 5 heteroatoms. The van der Waals surface area contributed by atoms with Gasteiger partial charge >= 0.3 is 0 Å². The Kier molecular flexibility index (Phi) is 4.57. The number of methoxy groups -OCH3 is 3. The van der Waals surface area contributed by atoms with E-state index in [1.54, 1.807) is 21.3 Å². The van der Waals surface area contributed by atoms with Crippen LogP contribution in [0.5, 0.6) is 17.2 Å². The maximum absolute atomic E-state index is 6.67. The van der Waals surface area contributed by atoms with Gasteiger partial charge in [0.1, 0.15) is 23.1 Å². The van der Waals surface area contributed by atoms with E-state index in [9.17, 15) is 0 Å². The van der Waals surface area contributed by atoms with Crippen LogP contribution in [0.25, 0.3) is 27.7 Å². The number of nitrogens with two attached hydrogens (primary N) is 1. The Hall–Kier alpha value is -3.60. The van der Waals surface area contributed by atoms with Gasteiger partial charge in [0.25, 0.3) is 0 Å². The van der Waals surface area contributed by atoms with Crippen molar-refractivity contribution >= 4 is 16.7 Å². The van der Waals surface area contributed by atoms with Crippen molar-refractivity contribution < 1.29 is 14.2 Å². The van der Waals surface area contributed by atoms with Gasteiger partial charge in [-0.15, -0.1) is 0 Å². The summed E-state index contributed by atoms with van der Waals surface area (Å²) in [7, 11) is 4.98. The van der Waals surface area contributed by atoms with E-state index < -0.39 is 0 Å². The van der Waals surface area contributed by atoms with Crippen molar-refractivity contribution in [1.29, 1.82) is 0 Å². The van der Waals surface area contributed by atoms with Crippen molar-refractivity contribution in [3.8, 4) is 34.1 Å². The van der Waals surface area contributed by atoms with Gasteiger partial charge in [-0.2, -0.15) is 0 Å². The number of hydrogen-bond donors (Lipinski definition) is 1. The van der Waals surface area contributed by atoms with Crippen LogP contribution in [0.1, 0.15) is 0 Å². The van der Waals surface area contributed by atoms with Crippen molar-refractivity contribution in [1.82, 2.24) is 4.57 Å². The molecule has 0 saturated heterocycles. The summed E-state index contributed by atoms with van der Waals surface area (Å²) >= 11 is 0. The number of aromatic nitrogens is 1. The zero-order chi connectivity index (χ0) is 19.7. The fourth-order valence-electron chi connectivity index (χ4n) is 3.49. The average Bonchev–Trinajstić information content (AvgIpc) is 3.04. The zero-order valence-electron chi connectivity index (χ0n) is 16.1. The molecule has 0 spiro atoms. The minimum Gasteiger partial charge on any atom is -0.497 e. The van der Waals surface area contributed by atoms with Crippen LogP contribution in [0.3, 0.4) is 0 Å². The highest BCUT2D eigenvalue weighted by molar-refractivity contribution is 6.04. The second-order valence-corrected chi connectivity index (χ2v) is 6.41. The molecule has 0 aliphatic heterocycles. The molecule has 0 fully saturated rings. The van der Waals surface area contributed by atoms with Crippen LogP contribution < -0.4 is 19.9 Å².